The normalized spacial score (nSPS) is 33.5. The molecule has 1 aromatic rings. The number of hydrogen-bond donors (Lipinski definition) is 0. The zero-order valence-corrected chi connectivity index (χ0v) is 9.22. The second-order valence-corrected chi connectivity index (χ2v) is 5.10. The molecule has 2 bridgehead atoms. The molecule has 2 fully saturated rings. The standard InChI is InChI=1S/C12H18N2O/c1-14-7-12(6-13-14)15-8-11-5-9-2-3-10(11)4-9/h6-7,9-11H,2-5,8H2,1H3. The van der Waals surface area contributed by atoms with Crippen molar-refractivity contribution < 1.29 is 4.74 Å². The largest absolute Gasteiger partial charge is 0.490 e. The van der Waals surface area contributed by atoms with Gasteiger partial charge in [-0.05, 0) is 37.0 Å². The highest BCUT2D eigenvalue weighted by atomic mass is 16.5. The Morgan fingerprint density at radius 3 is 3.00 bits per heavy atom. The molecular formula is C12H18N2O. The molecule has 3 unspecified atom stereocenters. The number of aromatic nitrogens is 2. The first-order chi connectivity index (χ1) is 7.31. The van der Waals surface area contributed by atoms with Gasteiger partial charge in [0.05, 0.1) is 19.0 Å². The van der Waals surface area contributed by atoms with Crippen molar-refractivity contribution in [3.05, 3.63) is 12.4 Å². The van der Waals surface area contributed by atoms with Gasteiger partial charge in [0.2, 0.25) is 0 Å². The lowest BCUT2D eigenvalue weighted by atomic mass is 9.90. The van der Waals surface area contributed by atoms with E-state index >= 15 is 0 Å². The molecule has 15 heavy (non-hydrogen) atoms. The average Bonchev–Trinajstić information content (AvgIpc) is 2.90. The fourth-order valence-corrected chi connectivity index (χ4v) is 3.26. The SMILES string of the molecule is Cn1cc(OCC2CC3CCC2C3)cn1. The van der Waals surface area contributed by atoms with Crippen molar-refractivity contribution in [2.75, 3.05) is 6.61 Å². The van der Waals surface area contributed by atoms with E-state index in [9.17, 15) is 0 Å². The van der Waals surface area contributed by atoms with Gasteiger partial charge >= 0.3 is 0 Å². The third kappa shape index (κ3) is 1.75. The van der Waals surface area contributed by atoms with Crippen LogP contribution in [0.15, 0.2) is 12.4 Å². The van der Waals surface area contributed by atoms with E-state index in [0.29, 0.717) is 0 Å². The van der Waals surface area contributed by atoms with Crippen LogP contribution in [0.1, 0.15) is 25.7 Å². The maximum Gasteiger partial charge on any atom is 0.157 e. The Balaban J connectivity index is 1.54. The molecular weight excluding hydrogens is 188 g/mol. The molecule has 82 valence electrons. The molecule has 0 aromatic carbocycles. The lowest BCUT2D eigenvalue weighted by molar-refractivity contribution is 0.195. The van der Waals surface area contributed by atoms with Crippen molar-refractivity contribution in [1.82, 2.24) is 9.78 Å². The average molecular weight is 206 g/mol. The first-order valence-corrected chi connectivity index (χ1v) is 5.92. The molecule has 0 spiro atoms. The third-order valence-corrected chi connectivity index (χ3v) is 4.03. The lowest BCUT2D eigenvalue weighted by Gasteiger charge is -2.21. The molecule has 3 heteroatoms. The van der Waals surface area contributed by atoms with Crippen LogP contribution >= 0.6 is 0 Å². The predicted molar refractivity (Wildman–Crippen MR) is 57.6 cm³/mol. The minimum Gasteiger partial charge on any atom is -0.490 e. The molecule has 3 rings (SSSR count). The predicted octanol–water partition coefficient (Wildman–Crippen LogP) is 2.24. The second kappa shape index (κ2) is 3.54. The van der Waals surface area contributed by atoms with Gasteiger partial charge in [0, 0.05) is 7.05 Å². The van der Waals surface area contributed by atoms with Gasteiger partial charge in [0.25, 0.3) is 0 Å². The third-order valence-electron chi connectivity index (χ3n) is 4.03. The molecule has 2 aliphatic carbocycles. The second-order valence-electron chi connectivity index (χ2n) is 5.10. The Labute approximate surface area is 90.4 Å². The van der Waals surface area contributed by atoms with Crippen LogP contribution in [0.25, 0.3) is 0 Å². The first kappa shape index (κ1) is 9.25. The van der Waals surface area contributed by atoms with E-state index in [-0.39, 0.29) is 0 Å². The summed E-state index contributed by atoms with van der Waals surface area (Å²) in [5.41, 5.74) is 0. The summed E-state index contributed by atoms with van der Waals surface area (Å²) in [5, 5.41) is 4.10. The highest BCUT2D eigenvalue weighted by Gasteiger charge is 2.39. The van der Waals surface area contributed by atoms with Crippen molar-refractivity contribution in [3.8, 4) is 5.75 Å². The molecule has 1 heterocycles. The Hall–Kier alpha value is -0.990. The van der Waals surface area contributed by atoms with Crippen LogP contribution < -0.4 is 4.74 Å². The Bertz CT molecular complexity index is 347. The number of rotatable bonds is 3. The molecule has 0 saturated heterocycles. The van der Waals surface area contributed by atoms with Crippen molar-refractivity contribution in [3.63, 3.8) is 0 Å². The maximum absolute atomic E-state index is 5.78. The number of fused-ring (bicyclic) bond motifs is 2. The Morgan fingerprint density at radius 1 is 1.47 bits per heavy atom. The number of nitrogens with zero attached hydrogens (tertiary/aromatic N) is 2. The number of hydrogen-bond acceptors (Lipinski definition) is 2. The molecule has 2 saturated carbocycles. The van der Waals surface area contributed by atoms with Crippen molar-refractivity contribution in [2.24, 2.45) is 24.8 Å². The van der Waals surface area contributed by atoms with Crippen molar-refractivity contribution >= 4 is 0 Å². The quantitative estimate of drug-likeness (QED) is 0.758. The van der Waals surface area contributed by atoms with E-state index in [4.69, 9.17) is 4.74 Å². The Kier molecular flexibility index (Phi) is 2.19. The highest BCUT2D eigenvalue weighted by Crippen LogP contribution is 2.48. The monoisotopic (exact) mass is 206 g/mol. The summed E-state index contributed by atoms with van der Waals surface area (Å²) in [6, 6.07) is 0. The lowest BCUT2D eigenvalue weighted by Crippen LogP contribution is -2.18. The zero-order valence-electron chi connectivity index (χ0n) is 9.22. The minimum absolute atomic E-state index is 0.809. The van der Waals surface area contributed by atoms with Gasteiger partial charge in [0.1, 0.15) is 0 Å². The summed E-state index contributed by atoms with van der Waals surface area (Å²) < 4.78 is 7.57. The topological polar surface area (TPSA) is 27.1 Å². The van der Waals surface area contributed by atoms with Gasteiger partial charge < -0.3 is 4.74 Å². The van der Waals surface area contributed by atoms with Crippen LogP contribution in [-0.2, 0) is 7.05 Å². The van der Waals surface area contributed by atoms with Crippen LogP contribution in [0.3, 0.4) is 0 Å². The molecule has 0 N–H and O–H groups in total. The van der Waals surface area contributed by atoms with Gasteiger partial charge in [-0.25, -0.2) is 0 Å². The molecule has 2 aliphatic rings. The van der Waals surface area contributed by atoms with Crippen LogP contribution in [0.5, 0.6) is 5.75 Å². The molecule has 0 radical (unpaired) electrons. The number of ether oxygens (including phenoxy) is 1. The smallest absolute Gasteiger partial charge is 0.157 e. The van der Waals surface area contributed by atoms with Gasteiger partial charge in [-0.2, -0.15) is 5.10 Å². The van der Waals surface area contributed by atoms with E-state index in [0.717, 1.165) is 30.1 Å². The molecule has 0 aliphatic heterocycles. The summed E-state index contributed by atoms with van der Waals surface area (Å²) in [6.45, 7) is 0.896. The van der Waals surface area contributed by atoms with Gasteiger partial charge in [-0.15, -0.1) is 0 Å². The fraction of sp³-hybridized carbons (Fsp3) is 0.750. The Morgan fingerprint density at radius 2 is 2.40 bits per heavy atom. The molecule has 3 nitrogen and oxygen atoms in total. The molecule has 0 amide bonds. The van der Waals surface area contributed by atoms with E-state index in [2.05, 4.69) is 5.10 Å². The van der Waals surface area contributed by atoms with Crippen LogP contribution in [0.4, 0.5) is 0 Å². The van der Waals surface area contributed by atoms with Gasteiger partial charge in [0.15, 0.2) is 5.75 Å². The van der Waals surface area contributed by atoms with Crippen LogP contribution in [0.2, 0.25) is 0 Å². The molecule has 3 atom stereocenters. The fourth-order valence-electron chi connectivity index (χ4n) is 3.26. The minimum atomic E-state index is 0.809. The first-order valence-electron chi connectivity index (χ1n) is 5.92. The highest BCUT2D eigenvalue weighted by molar-refractivity contribution is 5.11. The zero-order chi connectivity index (χ0) is 10.3. The summed E-state index contributed by atoms with van der Waals surface area (Å²) >= 11 is 0. The maximum atomic E-state index is 5.78. The van der Waals surface area contributed by atoms with Crippen LogP contribution in [0, 0.1) is 17.8 Å². The summed E-state index contributed by atoms with van der Waals surface area (Å²) in [7, 11) is 1.92. The van der Waals surface area contributed by atoms with E-state index in [1.54, 1.807) is 10.9 Å². The van der Waals surface area contributed by atoms with Crippen molar-refractivity contribution in [2.45, 2.75) is 25.7 Å². The summed E-state index contributed by atoms with van der Waals surface area (Å²) in [5.74, 6) is 3.69. The van der Waals surface area contributed by atoms with Crippen molar-refractivity contribution in [1.29, 1.82) is 0 Å². The van der Waals surface area contributed by atoms with E-state index in [1.165, 1.54) is 25.7 Å². The van der Waals surface area contributed by atoms with E-state index < -0.39 is 0 Å². The van der Waals surface area contributed by atoms with Crippen LogP contribution in [-0.4, -0.2) is 16.4 Å². The summed E-state index contributed by atoms with van der Waals surface area (Å²) in [6.07, 6.45) is 9.49. The summed E-state index contributed by atoms with van der Waals surface area (Å²) in [4.78, 5) is 0. The van der Waals surface area contributed by atoms with Gasteiger partial charge in [-0.3, -0.25) is 4.68 Å². The van der Waals surface area contributed by atoms with E-state index in [1.807, 2.05) is 13.2 Å². The number of aryl methyl sites for hydroxylation is 1. The van der Waals surface area contributed by atoms with Gasteiger partial charge in [-0.1, -0.05) is 6.42 Å². The molecule has 1 aromatic heterocycles.